The summed E-state index contributed by atoms with van der Waals surface area (Å²) in [6.07, 6.45) is 5.05. The summed E-state index contributed by atoms with van der Waals surface area (Å²) in [5.41, 5.74) is 0. The Morgan fingerprint density at radius 3 is 3.07 bits per heavy atom. The van der Waals surface area contributed by atoms with Crippen molar-refractivity contribution in [2.75, 3.05) is 6.61 Å². The number of rotatable bonds is 3. The van der Waals surface area contributed by atoms with Gasteiger partial charge in [0.15, 0.2) is 0 Å². The smallest absolute Gasteiger partial charge is 0.110 e. The van der Waals surface area contributed by atoms with Crippen LogP contribution in [0, 0.1) is 5.92 Å². The molecule has 2 rings (SSSR count). The molecule has 0 radical (unpaired) electrons. The minimum absolute atomic E-state index is 0.167. The molecule has 1 saturated heterocycles. The maximum atomic E-state index is 10.1. The number of hydrogen-bond acceptors (Lipinski definition) is 3. The van der Waals surface area contributed by atoms with Crippen molar-refractivity contribution in [3.8, 4) is 0 Å². The van der Waals surface area contributed by atoms with E-state index in [1.165, 1.54) is 0 Å². The van der Waals surface area contributed by atoms with Crippen molar-refractivity contribution in [1.82, 2.24) is 9.55 Å². The van der Waals surface area contributed by atoms with Crippen LogP contribution in [0.2, 0.25) is 0 Å². The average molecular weight is 210 g/mol. The molecule has 1 aromatic heterocycles. The molecule has 0 amide bonds. The summed E-state index contributed by atoms with van der Waals surface area (Å²) in [6, 6.07) is 0. The maximum absolute atomic E-state index is 10.1. The fraction of sp³-hybridized carbons (Fsp3) is 0.727. The highest BCUT2D eigenvalue weighted by atomic mass is 16.5. The third-order valence-electron chi connectivity index (χ3n) is 3.24. The van der Waals surface area contributed by atoms with Crippen molar-refractivity contribution in [3.63, 3.8) is 0 Å². The van der Waals surface area contributed by atoms with Crippen LogP contribution < -0.4 is 0 Å². The zero-order valence-electron chi connectivity index (χ0n) is 9.26. The zero-order chi connectivity index (χ0) is 10.8. The first kappa shape index (κ1) is 10.6. The van der Waals surface area contributed by atoms with Gasteiger partial charge in [0.1, 0.15) is 5.82 Å². The van der Waals surface area contributed by atoms with E-state index in [9.17, 15) is 5.11 Å². The van der Waals surface area contributed by atoms with Gasteiger partial charge in [0.25, 0.3) is 0 Å². The lowest BCUT2D eigenvalue weighted by atomic mass is 9.93. The molecule has 4 nitrogen and oxygen atoms in total. The molecule has 1 aliphatic heterocycles. The van der Waals surface area contributed by atoms with Crippen LogP contribution in [-0.4, -0.2) is 33.5 Å². The lowest BCUT2D eigenvalue weighted by Gasteiger charge is -2.20. The van der Waals surface area contributed by atoms with Crippen molar-refractivity contribution in [2.24, 2.45) is 13.0 Å². The molecule has 3 unspecified atom stereocenters. The minimum atomic E-state index is -0.344. The van der Waals surface area contributed by atoms with E-state index >= 15 is 0 Å². The molecule has 1 aliphatic rings. The Labute approximate surface area is 89.9 Å². The summed E-state index contributed by atoms with van der Waals surface area (Å²) in [5.74, 6) is 1.18. The first-order valence-electron chi connectivity index (χ1n) is 5.44. The van der Waals surface area contributed by atoms with Crippen LogP contribution in [-0.2, 0) is 18.2 Å². The Hall–Kier alpha value is -0.870. The van der Waals surface area contributed by atoms with Crippen LogP contribution >= 0.6 is 0 Å². The van der Waals surface area contributed by atoms with Crippen molar-refractivity contribution >= 4 is 0 Å². The van der Waals surface area contributed by atoms with Gasteiger partial charge in [-0.25, -0.2) is 4.98 Å². The summed E-state index contributed by atoms with van der Waals surface area (Å²) in [4.78, 5) is 4.21. The van der Waals surface area contributed by atoms with Gasteiger partial charge in [-0.2, -0.15) is 0 Å². The summed E-state index contributed by atoms with van der Waals surface area (Å²) < 4.78 is 7.40. The van der Waals surface area contributed by atoms with Crippen molar-refractivity contribution in [1.29, 1.82) is 0 Å². The molecule has 15 heavy (non-hydrogen) atoms. The second-order valence-electron chi connectivity index (χ2n) is 4.25. The minimum Gasteiger partial charge on any atom is -0.392 e. The number of ether oxygens (including phenoxy) is 1. The van der Waals surface area contributed by atoms with Gasteiger partial charge in [-0.1, -0.05) is 0 Å². The van der Waals surface area contributed by atoms with E-state index in [1.54, 1.807) is 6.20 Å². The first-order chi connectivity index (χ1) is 7.18. The van der Waals surface area contributed by atoms with Crippen molar-refractivity contribution < 1.29 is 9.84 Å². The average Bonchev–Trinajstić information content (AvgIpc) is 2.76. The van der Waals surface area contributed by atoms with E-state index in [-0.39, 0.29) is 18.1 Å². The largest absolute Gasteiger partial charge is 0.392 e. The monoisotopic (exact) mass is 210 g/mol. The molecular formula is C11H18N2O2. The van der Waals surface area contributed by atoms with E-state index in [4.69, 9.17) is 4.74 Å². The fourth-order valence-corrected chi connectivity index (χ4v) is 2.19. The van der Waals surface area contributed by atoms with Gasteiger partial charge in [0.05, 0.1) is 12.2 Å². The first-order valence-corrected chi connectivity index (χ1v) is 5.44. The molecule has 1 fully saturated rings. The zero-order valence-corrected chi connectivity index (χ0v) is 9.26. The highest BCUT2D eigenvalue weighted by Crippen LogP contribution is 2.25. The molecule has 0 saturated carbocycles. The number of nitrogens with zero attached hydrogens (tertiary/aromatic N) is 2. The van der Waals surface area contributed by atoms with Gasteiger partial charge in [0.2, 0.25) is 0 Å². The highest BCUT2D eigenvalue weighted by molar-refractivity contribution is 4.95. The normalized spacial score (nSPS) is 28.2. The third kappa shape index (κ3) is 2.21. The summed E-state index contributed by atoms with van der Waals surface area (Å²) in [7, 11) is 1.95. The van der Waals surface area contributed by atoms with Gasteiger partial charge < -0.3 is 14.4 Å². The van der Waals surface area contributed by atoms with Crippen LogP contribution in [0.3, 0.4) is 0 Å². The van der Waals surface area contributed by atoms with Crippen molar-refractivity contribution in [3.05, 3.63) is 18.2 Å². The molecule has 0 bridgehead atoms. The van der Waals surface area contributed by atoms with Gasteiger partial charge >= 0.3 is 0 Å². The number of aryl methyl sites for hydroxylation is 1. The topological polar surface area (TPSA) is 47.3 Å². The number of aromatic nitrogens is 2. The standard InChI is InChI=1S/C11H18N2O2/c1-8-9(3-6-15-8)10(14)7-11-12-4-5-13(11)2/h4-5,8-10,14H,3,6-7H2,1-2H3. The van der Waals surface area contributed by atoms with Gasteiger partial charge in [-0.3, -0.25) is 0 Å². The van der Waals surface area contributed by atoms with Gasteiger partial charge in [-0.15, -0.1) is 0 Å². The predicted molar refractivity (Wildman–Crippen MR) is 56.4 cm³/mol. The van der Waals surface area contributed by atoms with E-state index < -0.39 is 0 Å². The molecule has 84 valence electrons. The second kappa shape index (κ2) is 4.33. The molecule has 0 aliphatic carbocycles. The van der Waals surface area contributed by atoms with E-state index in [1.807, 2.05) is 24.7 Å². The number of aliphatic hydroxyl groups excluding tert-OH is 1. The van der Waals surface area contributed by atoms with Crippen LogP contribution in [0.25, 0.3) is 0 Å². The molecular weight excluding hydrogens is 192 g/mol. The lowest BCUT2D eigenvalue weighted by Crippen LogP contribution is -2.29. The lowest BCUT2D eigenvalue weighted by molar-refractivity contribution is 0.0428. The third-order valence-corrected chi connectivity index (χ3v) is 3.24. The number of hydrogen-bond donors (Lipinski definition) is 1. The van der Waals surface area contributed by atoms with E-state index in [0.29, 0.717) is 6.42 Å². The molecule has 1 N–H and O–H groups in total. The van der Waals surface area contributed by atoms with E-state index in [0.717, 1.165) is 18.9 Å². The molecule has 1 aromatic rings. The fourth-order valence-electron chi connectivity index (χ4n) is 2.19. The summed E-state index contributed by atoms with van der Waals surface area (Å²) in [6.45, 7) is 2.79. The van der Waals surface area contributed by atoms with Crippen LogP contribution in [0.15, 0.2) is 12.4 Å². The SMILES string of the molecule is CC1OCCC1C(O)Cc1nccn1C. The van der Waals surface area contributed by atoms with Crippen LogP contribution in [0.1, 0.15) is 19.2 Å². The van der Waals surface area contributed by atoms with Crippen LogP contribution in [0.5, 0.6) is 0 Å². The molecule has 0 aromatic carbocycles. The van der Waals surface area contributed by atoms with Crippen molar-refractivity contribution in [2.45, 2.75) is 32.0 Å². The number of aliphatic hydroxyl groups is 1. The Morgan fingerprint density at radius 1 is 1.73 bits per heavy atom. The Kier molecular flexibility index (Phi) is 3.07. The quantitative estimate of drug-likeness (QED) is 0.800. The summed E-state index contributed by atoms with van der Waals surface area (Å²) in [5, 5.41) is 10.1. The highest BCUT2D eigenvalue weighted by Gasteiger charge is 2.31. The Morgan fingerprint density at radius 2 is 2.53 bits per heavy atom. The van der Waals surface area contributed by atoms with Gasteiger partial charge in [0, 0.05) is 38.4 Å². The van der Waals surface area contributed by atoms with Crippen LogP contribution in [0.4, 0.5) is 0 Å². The summed E-state index contributed by atoms with van der Waals surface area (Å²) >= 11 is 0. The Bertz CT molecular complexity index is 324. The second-order valence-corrected chi connectivity index (χ2v) is 4.25. The molecule has 3 atom stereocenters. The number of imidazole rings is 1. The molecule has 0 spiro atoms. The van der Waals surface area contributed by atoms with Gasteiger partial charge in [-0.05, 0) is 13.3 Å². The maximum Gasteiger partial charge on any atom is 0.110 e. The molecule has 2 heterocycles. The van der Waals surface area contributed by atoms with E-state index in [2.05, 4.69) is 4.98 Å². The predicted octanol–water partition coefficient (Wildman–Crippen LogP) is 0.748. The Balaban J connectivity index is 1.97. The molecule has 4 heteroatoms.